The van der Waals surface area contributed by atoms with Crippen LogP contribution in [0.5, 0.6) is 5.75 Å². The molecular formula is C21H34O4Si. The topological polar surface area (TPSA) is 36.9 Å². The van der Waals surface area contributed by atoms with E-state index in [1.807, 2.05) is 12.1 Å². The fraction of sp³-hybridized carbons (Fsp3) is 0.714. The summed E-state index contributed by atoms with van der Waals surface area (Å²) in [5, 5.41) is 0.252. The molecule has 1 unspecified atom stereocenters. The van der Waals surface area contributed by atoms with Crippen LogP contribution >= 0.6 is 0 Å². The average Bonchev–Trinajstić information content (AvgIpc) is 3.00. The van der Waals surface area contributed by atoms with Gasteiger partial charge in [-0.05, 0) is 48.7 Å². The van der Waals surface area contributed by atoms with Crippen LogP contribution in [0.1, 0.15) is 58.1 Å². The molecule has 0 radical (unpaired) electrons. The first-order chi connectivity index (χ1) is 12.1. The van der Waals surface area contributed by atoms with Crippen LogP contribution < -0.4 is 4.74 Å². The van der Waals surface area contributed by atoms with Crippen molar-refractivity contribution in [1.82, 2.24) is 0 Å². The minimum atomic E-state index is -1.71. The molecule has 0 N–H and O–H groups in total. The van der Waals surface area contributed by atoms with Crippen molar-refractivity contribution >= 4 is 8.32 Å². The van der Waals surface area contributed by atoms with Crippen LogP contribution in [-0.4, -0.2) is 33.9 Å². The third-order valence-electron chi connectivity index (χ3n) is 6.30. The summed E-state index contributed by atoms with van der Waals surface area (Å²) in [7, 11) is -0.0281. The Morgan fingerprint density at radius 1 is 1.08 bits per heavy atom. The van der Waals surface area contributed by atoms with Crippen molar-refractivity contribution in [2.75, 3.05) is 13.7 Å². The van der Waals surface area contributed by atoms with Crippen molar-refractivity contribution in [3.05, 3.63) is 29.8 Å². The molecule has 26 heavy (non-hydrogen) atoms. The predicted molar refractivity (Wildman–Crippen MR) is 106 cm³/mol. The van der Waals surface area contributed by atoms with Gasteiger partial charge in [-0.3, -0.25) is 0 Å². The Morgan fingerprint density at radius 2 is 1.69 bits per heavy atom. The number of benzene rings is 1. The quantitative estimate of drug-likeness (QED) is 0.653. The Bertz CT molecular complexity index is 597. The molecule has 2 fully saturated rings. The summed E-state index contributed by atoms with van der Waals surface area (Å²) in [5.74, 6) is 0.448. The molecule has 2 aliphatic rings. The molecule has 1 saturated heterocycles. The first kappa shape index (κ1) is 19.9. The van der Waals surface area contributed by atoms with Crippen molar-refractivity contribution < 1.29 is 18.6 Å². The van der Waals surface area contributed by atoms with Crippen LogP contribution in [0.4, 0.5) is 0 Å². The lowest BCUT2D eigenvalue weighted by molar-refractivity contribution is -0.197. The lowest BCUT2D eigenvalue weighted by Crippen LogP contribution is -2.46. The molecule has 3 rings (SSSR count). The van der Waals surface area contributed by atoms with Gasteiger partial charge in [0.2, 0.25) is 0 Å². The van der Waals surface area contributed by atoms with Gasteiger partial charge in [-0.15, -0.1) is 0 Å². The molecule has 0 amide bonds. The van der Waals surface area contributed by atoms with Gasteiger partial charge in [-0.2, -0.15) is 0 Å². The zero-order chi connectivity index (χ0) is 19.0. The van der Waals surface area contributed by atoms with Gasteiger partial charge in [-0.25, -0.2) is 0 Å². The maximum atomic E-state index is 6.60. The standard InChI is InChI=1S/C21H34O4Si/c1-20(2,3)26(5,6)25-18-11-13-21(14-12-18)23-15-19(24-21)16-7-9-17(22-4)10-8-16/h7-10,18-19H,11-15H2,1-6H3. The molecule has 4 nitrogen and oxygen atoms in total. The molecule has 1 saturated carbocycles. The zero-order valence-electron chi connectivity index (χ0n) is 17.1. The Balaban J connectivity index is 1.56. The van der Waals surface area contributed by atoms with E-state index in [4.69, 9.17) is 18.6 Å². The fourth-order valence-electron chi connectivity index (χ4n) is 3.54. The van der Waals surface area contributed by atoms with Crippen LogP contribution in [0.2, 0.25) is 18.1 Å². The lowest BCUT2D eigenvalue weighted by Gasteiger charge is -2.43. The molecule has 1 aliphatic carbocycles. The lowest BCUT2D eigenvalue weighted by atomic mass is 9.92. The van der Waals surface area contributed by atoms with Gasteiger partial charge in [0.1, 0.15) is 11.9 Å². The minimum absolute atomic E-state index is 0.0127. The molecule has 1 aromatic carbocycles. The third kappa shape index (κ3) is 4.16. The number of rotatable bonds is 4. The largest absolute Gasteiger partial charge is 0.497 e. The maximum Gasteiger partial charge on any atom is 0.192 e. The van der Waals surface area contributed by atoms with Gasteiger partial charge >= 0.3 is 0 Å². The highest BCUT2D eigenvalue weighted by atomic mass is 28.4. The molecule has 1 heterocycles. The number of hydrogen-bond donors (Lipinski definition) is 0. The molecular weight excluding hydrogens is 344 g/mol. The van der Waals surface area contributed by atoms with E-state index >= 15 is 0 Å². The zero-order valence-corrected chi connectivity index (χ0v) is 18.1. The summed E-state index contributed by atoms with van der Waals surface area (Å²) < 4.78 is 24.4. The van der Waals surface area contributed by atoms with Crippen molar-refractivity contribution in [1.29, 1.82) is 0 Å². The Morgan fingerprint density at radius 3 is 2.23 bits per heavy atom. The van der Waals surface area contributed by atoms with E-state index in [1.54, 1.807) is 7.11 Å². The van der Waals surface area contributed by atoms with Crippen molar-refractivity contribution in [3.63, 3.8) is 0 Å². The highest BCUT2D eigenvalue weighted by Crippen LogP contribution is 2.45. The maximum absolute atomic E-state index is 6.60. The van der Waals surface area contributed by atoms with Crippen LogP contribution in [0.15, 0.2) is 24.3 Å². The van der Waals surface area contributed by atoms with Crippen molar-refractivity contribution in [2.45, 2.75) is 82.6 Å². The first-order valence-electron chi connectivity index (χ1n) is 9.78. The summed E-state index contributed by atoms with van der Waals surface area (Å²) in [6.45, 7) is 12.2. The van der Waals surface area contributed by atoms with Gasteiger partial charge in [-0.1, -0.05) is 32.9 Å². The van der Waals surface area contributed by atoms with Crippen molar-refractivity contribution in [3.8, 4) is 5.75 Å². The second-order valence-electron chi connectivity index (χ2n) is 9.18. The van der Waals surface area contributed by atoms with E-state index in [1.165, 1.54) is 0 Å². The van der Waals surface area contributed by atoms with E-state index in [9.17, 15) is 0 Å². The van der Waals surface area contributed by atoms with Gasteiger partial charge in [0.25, 0.3) is 0 Å². The molecule has 146 valence electrons. The van der Waals surface area contributed by atoms with E-state index in [-0.39, 0.29) is 11.1 Å². The molecule has 0 aromatic heterocycles. The van der Waals surface area contributed by atoms with Gasteiger partial charge in [0.05, 0.1) is 13.7 Å². The third-order valence-corrected chi connectivity index (χ3v) is 10.8. The SMILES string of the molecule is COc1ccc(C2COC3(CCC(O[Si](C)(C)C(C)(C)C)CC3)O2)cc1. The van der Waals surface area contributed by atoms with Crippen LogP contribution in [-0.2, 0) is 13.9 Å². The first-order valence-corrected chi connectivity index (χ1v) is 12.7. The van der Waals surface area contributed by atoms with E-state index in [2.05, 4.69) is 46.0 Å². The highest BCUT2D eigenvalue weighted by molar-refractivity contribution is 6.74. The minimum Gasteiger partial charge on any atom is -0.497 e. The van der Waals surface area contributed by atoms with Crippen LogP contribution in [0, 0.1) is 0 Å². The molecule has 1 atom stereocenters. The van der Waals surface area contributed by atoms with Crippen LogP contribution in [0.3, 0.4) is 0 Å². The second-order valence-corrected chi connectivity index (χ2v) is 13.9. The summed E-state index contributed by atoms with van der Waals surface area (Å²) in [6.07, 6.45) is 4.22. The summed E-state index contributed by atoms with van der Waals surface area (Å²) in [5.41, 5.74) is 1.15. The highest BCUT2D eigenvalue weighted by Gasteiger charge is 2.47. The normalized spacial score (nSPS) is 29.9. The van der Waals surface area contributed by atoms with E-state index in [0.29, 0.717) is 12.7 Å². The molecule has 1 aliphatic heterocycles. The second kappa shape index (κ2) is 7.27. The van der Waals surface area contributed by atoms with E-state index < -0.39 is 14.1 Å². The Labute approximate surface area is 159 Å². The summed E-state index contributed by atoms with van der Waals surface area (Å²) in [6, 6.07) is 8.09. The molecule has 0 bridgehead atoms. The van der Waals surface area contributed by atoms with Crippen molar-refractivity contribution in [2.24, 2.45) is 0 Å². The summed E-state index contributed by atoms with van der Waals surface area (Å²) >= 11 is 0. The predicted octanol–water partition coefficient (Wildman–Crippen LogP) is 5.44. The molecule has 1 spiro atoms. The number of methoxy groups -OCH3 is 1. The Hall–Kier alpha value is -0.883. The monoisotopic (exact) mass is 378 g/mol. The van der Waals surface area contributed by atoms with Gasteiger partial charge in [0.15, 0.2) is 14.1 Å². The van der Waals surface area contributed by atoms with Crippen LogP contribution in [0.25, 0.3) is 0 Å². The average molecular weight is 379 g/mol. The Kier molecular flexibility index (Phi) is 5.55. The van der Waals surface area contributed by atoms with E-state index in [0.717, 1.165) is 37.0 Å². The van der Waals surface area contributed by atoms with Gasteiger partial charge in [0, 0.05) is 18.9 Å². The van der Waals surface area contributed by atoms with Gasteiger partial charge < -0.3 is 18.6 Å². The molecule has 1 aromatic rings. The summed E-state index contributed by atoms with van der Waals surface area (Å²) in [4.78, 5) is 0. The number of ether oxygens (including phenoxy) is 3. The molecule has 5 heteroatoms. The number of hydrogen-bond acceptors (Lipinski definition) is 4. The fourth-order valence-corrected chi connectivity index (χ4v) is 4.96. The smallest absolute Gasteiger partial charge is 0.192 e.